The number of aliphatic hydroxyl groups excluding tert-OH is 5. The van der Waals surface area contributed by atoms with Gasteiger partial charge in [-0.2, -0.15) is 0 Å². The van der Waals surface area contributed by atoms with E-state index in [-0.39, 0.29) is 19.4 Å². The van der Waals surface area contributed by atoms with Crippen LogP contribution in [0.25, 0.3) is 0 Å². The van der Waals surface area contributed by atoms with Crippen LogP contribution >= 0.6 is 0 Å². The Bertz CT molecular complexity index is 1560. The lowest BCUT2D eigenvalue weighted by Crippen LogP contribution is -2.61. The first kappa shape index (κ1) is 65.3. The zero-order chi connectivity index (χ0) is 51.8. The summed E-state index contributed by atoms with van der Waals surface area (Å²) in [4.78, 5) is 26.4. The molecule has 0 aliphatic carbocycles. The molecule has 0 aromatic carbocycles. The monoisotopic (exact) mass is 994 g/mol. The molecule has 11 heteroatoms. The van der Waals surface area contributed by atoms with E-state index in [1.54, 1.807) is 6.08 Å². The number of allylic oxidation sites excluding steroid dienone is 17. The number of carbonyl (C=O) groups excluding carboxylic acids is 2. The third-order valence-electron chi connectivity index (χ3n) is 12.2. The van der Waals surface area contributed by atoms with Gasteiger partial charge in [-0.05, 0) is 83.5 Å². The third kappa shape index (κ3) is 36.0. The molecule has 0 radical (unpaired) electrons. The normalized spacial score (nSPS) is 20.5. The Morgan fingerprint density at radius 3 is 1.65 bits per heavy atom. The van der Waals surface area contributed by atoms with E-state index in [4.69, 9.17) is 14.2 Å². The quantitative estimate of drug-likeness (QED) is 0.0149. The Morgan fingerprint density at radius 1 is 0.577 bits per heavy atom. The maximum atomic E-state index is 13.3. The number of esters is 1. The van der Waals surface area contributed by atoms with Crippen LogP contribution in [0.5, 0.6) is 0 Å². The van der Waals surface area contributed by atoms with E-state index in [1.165, 1.54) is 38.5 Å². The van der Waals surface area contributed by atoms with Crippen molar-refractivity contribution in [2.75, 3.05) is 13.2 Å². The van der Waals surface area contributed by atoms with Gasteiger partial charge in [0.2, 0.25) is 5.91 Å². The lowest BCUT2D eigenvalue weighted by Gasteiger charge is -2.41. The van der Waals surface area contributed by atoms with Crippen molar-refractivity contribution in [1.82, 2.24) is 5.32 Å². The number of unbranched alkanes of at least 4 members (excludes halogenated alkanes) is 16. The van der Waals surface area contributed by atoms with Gasteiger partial charge >= 0.3 is 5.97 Å². The molecule has 71 heavy (non-hydrogen) atoms. The van der Waals surface area contributed by atoms with Crippen LogP contribution in [-0.2, 0) is 23.8 Å². The Morgan fingerprint density at radius 2 is 1.08 bits per heavy atom. The van der Waals surface area contributed by atoms with E-state index >= 15 is 0 Å². The zero-order valence-electron chi connectivity index (χ0n) is 44.3. The lowest BCUT2D eigenvalue weighted by atomic mass is 9.99. The molecule has 0 bridgehead atoms. The highest BCUT2D eigenvalue weighted by molar-refractivity contribution is 5.80. The summed E-state index contributed by atoms with van der Waals surface area (Å²) in [6.45, 7) is 5.46. The highest BCUT2D eigenvalue weighted by Gasteiger charge is 2.47. The molecule has 1 rings (SSSR count). The largest absolute Gasteiger partial charge is 0.454 e. The molecule has 1 heterocycles. The van der Waals surface area contributed by atoms with E-state index in [9.17, 15) is 35.1 Å². The molecule has 1 aliphatic rings. The van der Waals surface area contributed by atoms with Crippen LogP contribution in [0.1, 0.15) is 194 Å². The number of aliphatic hydroxyl groups is 5. The van der Waals surface area contributed by atoms with Crippen molar-refractivity contribution in [3.8, 4) is 0 Å². The topological polar surface area (TPSA) is 175 Å². The molecule has 1 amide bonds. The highest BCUT2D eigenvalue weighted by atomic mass is 16.7. The van der Waals surface area contributed by atoms with Gasteiger partial charge in [0, 0.05) is 6.42 Å². The Hall–Kier alpha value is -3.68. The summed E-state index contributed by atoms with van der Waals surface area (Å²) < 4.78 is 17.5. The van der Waals surface area contributed by atoms with Crippen LogP contribution in [-0.4, -0.2) is 99.6 Å². The van der Waals surface area contributed by atoms with Crippen LogP contribution in [0.3, 0.4) is 0 Å². The standard InChI is InChI=1S/C60H99NO10/c1-4-7-10-13-16-19-22-24-26-28-29-32-35-38-41-44-47-53(64)59(68)61-51(52(63)46-43-40-37-34-31-21-18-15-12-9-6-3)50-69-60-58(57(67)56(66)54(49-62)70-60)71-55(65)48-45-42-39-36-33-30-27-25-23-20-17-14-11-8-5-2/h7-8,10-11,14,16-17,19-20,23-24,26,29,32,38,41,43,46,51-54,56-58,60,62-64,66-67H,4-6,9,12-13,15,18,21-22,25,27-28,30-31,33-37,39-40,42,44-45,47-50H2,1-3H3,(H,61,68)/b10-7-,11-8+,17-14+,19-16-,23-20+,26-24-,32-29-,41-38-,46-43+. The summed E-state index contributed by atoms with van der Waals surface area (Å²) in [7, 11) is 0. The van der Waals surface area contributed by atoms with Gasteiger partial charge in [0.1, 0.15) is 24.4 Å². The molecule has 8 unspecified atom stereocenters. The maximum absolute atomic E-state index is 13.3. The minimum Gasteiger partial charge on any atom is -0.454 e. The molecule has 1 aliphatic heterocycles. The Balaban J connectivity index is 2.80. The fraction of sp³-hybridized carbons (Fsp3) is 0.667. The molecule has 0 aromatic heterocycles. The second-order valence-electron chi connectivity index (χ2n) is 18.6. The predicted molar refractivity (Wildman–Crippen MR) is 291 cm³/mol. The van der Waals surface area contributed by atoms with E-state index < -0.39 is 67.4 Å². The van der Waals surface area contributed by atoms with E-state index in [0.717, 1.165) is 109 Å². The Kier molecular flexibility index (Phi) is 43.6. The summed E-state index contributed by atoms with van der Waals surface area (Å²) >= 11 is 0. The number of amides is 1. The van der Waals surface area contributed by atoms with Crippen molar-refractivity contribution in [1.29, 1.82) is 0 Å². The number of nitrogens with one attached hydrogen (secondary N) is 1. The summed E-state index contributed by atoms with van der Waals surface area (Å²) in [6.07, 6.45) is 52.9. The molecule has 11 nitrogen and oxygen atoms in total. The SMILES string of the molecule is CC/C=C\C/C=C\C/C=C\C/C=C\C/C=C\CCC(O)C(=O)NC(COC1OC(CO)C(O)C(O)C1OC(=O)CCCCCCCCC/C=C/C=C/C=C/CC)C(O)/C=C/CCCCCCCCCCC. The number of rotatable bonds is 44. The molecular weight excluding hydrogens is 895 g/mol. The van der Waals surface area contributed by atoms with Gasteiger partial charge < -0.3 is 45.1 Å². The number of hydrogen-bond donors (Lipinski definition) is 6. The van der Waals surface area contributed by atoms with Gasteiger partial charge in [-0.25, -0.2) is 0 Å². The zero-order valence-corrected chi connectivity index (χ0v) is 44.3. The first-order valence-corrected chi connectivity index (χ1v) is 27.7. The first-order valence-electron chi connectivity index (χ1n) is 27.7. The highest BCUT2D eigenvalue weighted by Crippen LogP contribution is 2.26. The van der Waals surface area contributed by atoms with Crippen LogP contribution in [0.2, 0.25) is 0 Å². The minimum atomic E-state index is -1.63. The smallest absolute Gasteiger partial charge is 0.306 e. The molecule has 0 spiro atoms. The fourth-order valence-electron chi connectivity index (χ4n) is 7.86. The van der Waals surface area contributed by atoms with E-state index in [0.29, 0.717) is 12.8 Å². The third-order valence-corrected chi connectivity index (χ3v) is 12.2. The van der Waals surface area contributed by atoms with Crippen molar-refractivity contribution in [3.63, 3.8) is 0 Å². The van der Waals surface area contributed by atoms with Gasteiger partial charge in [-0.15, -0.1) is 0 Å². The molecule has 404 valence electrons. The predicted octanol–water partition coefficient (Wildman–Crippen LogP) is 12.2. The second kappa shape index (κ2) is 47.3. The Labute approximate surface area is 430 Å². The van der Waals surface area contributed by atoms with Gasteiger partial charge in [0.25, 0.3) is 0 Å². The van der Waals surface area contributed by atoms with Crippen molar-refractivity contribution in [2.24, 2.45) is 0 Å². The lowest BCUT2D eigenvalue weighted by molar-refractivity contribution is -0.305. The van der Waals surface area contributed by atoms with Gasteiger partial charge in [0.15, 0.2) is 12.4 Å². The van der Waals surface area contributed by atoms with Crippen LogP contribution in [0, 0.1) is 0 Å². The van der Waals surface area contributed by atoms with Crippen molar-refractivity contribution in [3.05, 3.63) is 109 Å². The number of hydrogen-bond acceptors (Lipinski definition) is 10. The average molecular weight is 994 g/mol. The van der Waals surface area contributed by atoms with Crippen molar-refractivity contribution in [2.45, 2.75) is 243 Å². The van der Waals surface area contributed by atoms with E-state index in [2.05, 4.69) is 99.0 Å². The van der Waals surface area contributed by atoms with Crippen LogP contribution in [0.15, 0.2) is 109 Å². The molecule has 0 saturated carbocycles. The minimum absolute atomic E-state index is 0.0971. The fourth-order valence-corrected chi connectivity index (χ4v) is 7.86. The van der Waals surface area contributed by atoms with Crippen LogP contribution in [0.4, 0.5) is 0 Å². The molecular formula is C60H99NO10. The molecule has 6 N–H and O–H groups in total. The summed E-state index contributed by atoms with van der Waals surface area (Å²) in [5.41, 5.74) is 0. The summed E-state index contributed by atoms with van der Waals surface area (Å²) in [5, 5.41) is 56.6. The summed E-state index contributed by atoms with van der Waals surface area (Å²) in [6, 6.07) is -1.06. The summed E-state index contributed by atoms with van der Waals surface area (Å²) in [5.74, 6) is -1.28. The first-order chi connectivity index (χ1) is 34.7. The van der Waals surface area contributed by atoms with Crippen LogP contribution < -0.4 is 5.32 Å². The van der Waals surface area contributed by atoms with Gasteiger partial charge in [-0.1, -0.05) is 214 Å². The molecule has 1 fully saturated rings. The number of carbonyl (C=O) groups is 2. The maximum Gasteiger partial charge on any atom is 0.306 e. The number of ether oxygens (including phenoxy) is 3. The molecule has 8 atom stereocenters. The van der Waals surface area contributed by atoms with E-state index in [1.807, 2.05) is 30.4 Å². The average Bonchev–Trinajstić information content (AvgIpc) is 3.37. The second-order valence-corrected chi connectivity index (χ2v) is 18.6. The molecule has 0 aromatic rings. The van der Waals surface area contributed by atoms with Gasteiger partial charge in [0.05, 0.1) is 25.4 Å². The van der Waals surface area contributed by atoms with Crippen molar-refractivity contribution >= 4 is 11.9 Å². The van der Waals surface area contributed by atoms with Crippen molar-refractivity contribution < 1.29 is 49.3 Å². The van der Waals surface area contributed by atoms with Gasteiger partial charge in [-0.3, -0.25) is 9.59 Å². The molecule has 1 saturated heterocycles.